The van der Waals surface area contributed by atoms with E-state index in [1.807, 2.05) is 35.8 Å². The molecule has 0 fully saturated rings. The van der Waals surface area contributed by atoms with Gasteiger partial charge in [0.25, 0.3) is 0 Å². The molecule has 96 valence electrons. The summed E-state index contributed by atoms with van der Waals surface area (Å²) in [6.07, 6.45) is 1.62. The van der Waals surface area contributed by atoms with Crippen LogP contribution in [0.2, 0.25) is 5.02 Å². The van der Waals surface area contributed by atoms with Gasteiger partial charge in [-0.25, -0.2) is 4.98 Å². The molecule has 3 nitrogen and oxygen atoms in total. The predicted molar refractivity (Wildman–Crippen MR) is 83.7 cm³/mol. The van der Waals surface area contributed by atoms with Gasteiger partial charge in [0, 0.05) is 10.7 Å². The Labute approximate surface area is 128 Å². The molecule has 3 aromatic rings. The molecule has 0 bridgehead atoms. The van der Waals surface area contributed by atoms with Crippen molar-refractivity contribution in [2.24, 2.45) is 0 Å². The average Bonchev–Trinajstić information content (AvgIpc) is 2.65. The van der Waals surface area contributed by atoms with Gasteiger partial charge in [0.15, 0.2) is 10.4 Å². The fourth-order valence-electron chi connectivity index (χ4n) is 1.99. The van der Waals surface area contributed by atoms with E-state index in [0.717, 1.165) is 21.3 Å². The first-order chi connectivity index (χ1) is 9.06. The van der Waals surface area contributed by atoms with Gasteiger partial charge in [0.05, 0.1) is 16.2 Å². The first-order valence-electron chi connectivity index (χ1n) is 5.59. The summed E-state index contributed by atoms with van der Waals surface area (Å²) in [6.45, 7) is 2.04. The van der Waals surface area contributed by atoms with Crippen LogP contribution >= 0.6 is 39.7 Å². The van der Waals surface area contributed by atoms with E-state index in [0.29, 0.717) is 9.79 Å². The van der Waals surface area contributed by atoms with Crippen molar-refractivity contribution in [2.45, 2.75) is 6.92 Å². The highest BCUT2D eigenvalue weighted by Crippen LogP contribution is 2.26. The van der Waals surface area contributed by atoms with Crippen molar-refractivity contribution in [1.82, 2.24) is 14.5 Å². The van der Waals surface area contributed by atoms with Crippen molar-refractivity contribution in [1.29, 1.82) is 0 Å². The number of imidazole rings is 1. The Morgan fingerprint density at radius 3 is 2.89 bits per heavy atom. The van der Waals surface area contributed by atoms with Gasteiger partial charge < -0.3 is 4.98 Å². The van der Waals surface area contributed by atoms with Crippen LogP contribution in [-0.4, -0.2) is 14.5 Å². The molecule has 0 aliphatic carbocycles. The van der Waals surface area contributed by atoms with Crippen molar-refractivity contribution >= 4 is 50.9 Å². The van der Waals surface area contributed by atoms with E-state index in [-0.39, 0.29) is 0 Å². The Kier molecular flexibility index (Phi) is 3.20. The summed E-state index contributed by atoms with van der Waals surface area (Å²) in [5.74, 6) is 0. The van der Waals surface area contributed by atoms with E-state index < -0.39 is 0 Å². The second-order valence-electron chi connectivity index (χ2n) is 4.25. The Morgan fingerprint density at radius 1 is 1.37 bits per heavy atom. The molecule has 1 N–H and O–H groups in total. The molecule has 6 heteroatoms. The maximum atomic E-state index is 5.94. The number of aromatic amines is 1. The quantitative estimate of drug-likeness (QED) is 0.636. The topological polar surface area (TPSA) is 33.6 Å². The second-order valence-corrected chi connectivity index (χ2v) is 5.92. The Morgan fingerprint density at radius 2 is 2.16 bits per heavy atom. The third-order valence-corrected chi connectivity index (χ3v) is 3.96. The number of benzene rings is 1. The van der Waals surface area contributed by atoms with E-state index in [4.69, 9.17) is 23.8 Å². The number of rotatable bonds is 1. The number of hydrogen-bond donors (Lipinski definition) is 1. The van der Waals surface area contributed by atoms with Crippen LogP contribution in [0.1, 0.15) is 5.56 Å². The van der Waals surface area contributed by atoms with Gasteiger partial charge in [0.1, 0.15) is 0 Å². The van der Waals surface area contributed by atoms with E-state index in [9.17, 15) is 0 Å². The highest BCUT2D eigenvalue weighted by atomic mass is 79.9. The number of aromatic nitrogens is 3. The smallest absolute Gasteiger partial charge is 0.184 e. The number of hydrogen-bond acceptors (Lipinski definition) is 2. The molecule has 2 heterocycles. The molecule has 0 saturated carbocycles. The van der Waals surface area contributed by atoms with Gasteiger partial charge in [-0.15, -0.1) is 0 Å². The Hall–Kier alpha value is -1.17. The summed E-state index contributed by atoms with van der Waals surface area (Å²) in [4.78, 5) is 7.47. The molecule has 1 aromatic carbocycles. The summed E-state index contributed by atoms with van der Waals surface area (Å²) in [5.41, 5.74) is 3.72. The molecule has 0 aliphatic rings. The summed E-state index contributed by atoms with van der Waals surface area (Å²) in [7, 11) is 0. The van der Waals surface area contributed by atoms with Crippen molar-refractivity contribution in [3.8, 4) is 5.69 Å². The minimum atomic E-state index is 0.582. The van der Waals surface area contributed by atoms with E-state index in [2.05, 4.69) is 25.9 Å². The van der Waals surface area contributed by atoms with Crippen LogP contribution in [0.5, 0.6) is 0 Å². The van der Waals surface area contributed by atoms with E-state index in [1.165, 1.54) is 5.56 Å². The zero-order valence-corrected chi connectivity index (χ0v) is 13.1. The molecule has 19 heavy (non-hydrogen) atoms. The lowest BCUT2D eigenvalue weighted by atomic mass is 10.2. The number of nitrogens with one attached hydrogen (secondary N) is 1. The molecule has 0 spiro atoms. The summed E-state index contributed by atoms with van der Waals surface area (Å²) in [6, 6.07) is 7.92. The van der Waals surface area contributed by atoms with Crippen LogP contribution in [0.4, 0.5) is 0 Å². The minimum Gasteiger partial charge on any atom is -0.329 e. The third kappa shape index (κ3) is 2.22. The molecule has 0 amide bonds. The van der Waals surface area contributed by atoms with Crippen LogP contribution in [0.25, 0.3) is 16.9 Å². The standard InChI is InChI=1S/C13H9BrClN3S/c1-7-2-3-11(9(14)4-7)18-12-10(17-13(18)19)5-8(15)6-16-12/h2-6H,1H3,(H,17,19). The maximum Gasteiger partial charge on any atom is 0.184 e. The fourth-order valence-corrected chi connectivity index (χ4v) is 3.11. The average molecular weight is 355 g/mol. The highest BCUT2D eigenvalue weighted by Gasteiger charge is 2.11. The van der Waals surface area contributed by atoms with Crippen molar-refractivity contribution in [3.63, 3.8) is 0 Å². The van der Waals surface area contributed by atoms with Gasteiger partial charge in [0.2, 0.25) is 0 Å². The van der Waals surface area contributed by atoms with Gasteiger partial charge >= 0.3 is 0 Å². The van der Waals surface area contributed by atoms with Crippen LogP contribution in [0, 0.1) is 11.7 Å². The zero-order chi connectivity index (χ0) is 13.6. The number of halogens is 2. The monoisotopic (exact) mass is 353 g/mol. The molecular weight excluding hydrogens is 346 g/mol. The van der Waals surface area contributed by atoms with Gasteiger partial charge in [-0.1, -0.05) is 17.7 Å². The fraction of sp³-hybridized carbons (Fsp3) is 0.0769. The Bertz CT molecular complexity index is 838. The van der Waals surface area contributed by atoms with Crippen molar-refractivity contribution in [2.75, 3.05) is 0 Å². The van der Waals surface area contributed by atoms with Crippen LogP contribution in [-0.2, 0) is 0 Å². The maximum absolute atomic E-state index is 5.94. The Balaban J connectivity index is 2.36. The molecule has 0 aliphatic heterocycles. The van der Waals surface area contributed by atoms with Gasteiger partial charge in [-0.05, 0) is 58.8 Å². The SMILES string of the molecule is Cc1ccc(-n2c(=S)[nH]c3cc(Cl)cnc32)c(Br)c1. The third-order valence-electron chi connectivity index (χ3n) is 2.83. The van der Waals surface area contributed by atoms with Crippen LogP contribution in [0.3, 0.4) is 0 Å². The predicted octanol–water partition coefficient (Wildman–Crippen LogP) is 4.81. The van der Waals surface area contributed by atoms with E-state index in [1.54, 1.807) is 6.20 Å². The lowest BCUT2D eigenvalue weighted by molar-refractivity contribution is 1.03. The highest BCUT2D eigenvalue weighted by molar-refractivity contribution is 9.10. The molecule has 0 atom stereocenters. The molecule has 3 rings (SSSR count). The molecule has 2 aromatic heterocycles. The van der Waals surface area contributed by atoms with Crippen LogP contribution in [0.15, 0.2) is 34.9 Å². The second kappa shape index (κ2) is 4.74. The number of fused-ring (bicyclic) bond motifs is 1. The lowest BCUT2D eigenvalue weighted by Gasteiger charge is -2.07. The first-order valence-corrected chi connectivity index (χ1v) is 7.17. The number of H-pyrrole nitrogens is 1. The largest absolute Gasteiger partial charge is 0.329 e. The molecule has 0 radical (unpaired) electrons. The summed E-state index contributed by atoms with van der Waals surface area (Å²) < 4.78 is 3.46. The number of pyridine rings is 1. The van der Waals surface area contributed by atoms with Crippen molar-refractivity contribution in [3.05, 3.63) is 50.3 Å². The molecule has 0 saturated heterocycles. The lowest BCUT2D eigenvalue weighted by Crippen LogP contribution is -1.97. The van der Waals surface area contributed by atoms with Crippen LogP contribution < -0.4 is 0 Å². The van der Waals surface area contributed by atoms with Crippen molar-refractivity contribution < 1.29 is 0 Å². The van der Waals surface area contributed by atoms with Gasteiger partial charge in [-0.3, -0.25) is 4.57 Å². The molecule has 0 unspecified atom stereocenters. The van der Waals surface area contributed by atoms with E-state index >= 15 is 0 Å². The first kappa shape index (κ1) is 12.8. The van der Waals surface area contributed by atoms with Gasteiger partial charge in [-0.2, -0.15) is 0 Å². The summed E-state index contributed by atoms with van der Waals surface area (Å²) in [5, 5.41) is 0.582. The molecular formula is C13H9BrClN3S. The zero-order valence-electron chi connectivity index (χ0n) is 9.95. The number of nitrogens with zero attached hydrogens (tertiary/aromatic N) is 2. The summed E-state index contributed by atoms with van der Waals surface area (Å²) >= 11 is 14.9. The number of aryl methyl sites for hydroxylation is 1. The normalized spacial score (nSPS) is 11.1. The minimum absolute atomic E-state index is 0.582.